The number of carbonyl (C=O) groups is 3. The lowest BCUT2D eigenvalue weighted by molar-refractivity contribution is -0.148. The van der Waals surface area contributed by atoms with E-state index >= 15 is 0 Å². The summed E-state index contributed by atoms with van der Waals surface area (Å²) in [7, 11) is 3.19. The second kappa shape index (κ2) is 9.79. The van der Waals surface area contributed by atoms with E-state index in [0.29, 0.717) is 16.7 Å². The maximum Gasteiger partial charge on any atom is 0.255 e. The molecule has 8 N–H and O–H groups in total. The molecule has 3 aliphatic carbocycles. The van der Waals surface area contributed by atoms with E-state index in [9.17, 15) is 34.8 Å². The van der Waals surface area contributed by atoms with Crippen molar-refractivity contribution in [3.63, 3.8) is 0 Å². The molecule has 1 amide bonds. The molecular weight excluding hydrogens is 538 g/mol. The SMILES string of the molecule is CN(C)C1C(O)=C(C(N)=O)C(=O)[C@@]2(O)C(O)=C3C(=O)c4c(O)c(CN)cc(-c5ccc(C(C)(C)C)cc5)c4C[C@H]3C[C@@H]12. The second-order valence-electron chi connectivity index (χ2n) is 12.8. The number of phenolic OH excluding ortho intramolecular Hbond substituents is 1. The van der Waals surface area contributed by atoms with E-state index < -0.39 is 58.0 Å². The van der Waals surface area contributed by atoms with Crippen LogP contribution in [0.15, 0.2) is 53.0 Å². The molecule has 10 heteroatoms. The number of phenols is 1. The molecule has 0 spiro atoms. The Morgan fingerprint density at radius 1 is 1.10 bits per heavy atom. The molecule has 0 fully saturated rings. The molecule has 2 aromatic carbocycles. The first-order chi connectivity index (χ1) is 19.5. The number of likely N-dealkylation sites (N-methyl/N-ethyl adjacent to an activating group) is 1. The van der Waals surface area contributed by atoms with Gasteiger partial charge in [0.25, 0.3) is 5.91 Å². The average Bonchev–Trinajstić information content (AvgIpc) is 2.90. The van der Waals surface area contributed by atoms with Gasteiger partial charge in [-0.2, -0.15) is 0 Å². The highest BCUT2D eigenvalue weighted by Gasteiger charge is 2.63. The normalized spacial score (nSPS) is 25.9. The van der Waals surface area contributed by atoms with Crippen molar-refractivity contribution >= 4 is 17.5 Å². The maximum absolute atomic E-state index is 14.1. The van der Waals surface area contributed by atoms with Crippen molar-refractivity contribution in [2.75, 3.05) is 14.1 Å². The standard InChI is InChI=1S/C32H37N3O7/c1-31(2,3)17-8-6-14(7-9-17)18-11-16(13-33)25(36)22-19(18)10-15-12-20-24(35(4)5)27(38)23(30(34)41)29(40)32(20,42)28(39)21(15)26(22)37/h6-9,11,15,20,24,36,38-39,42H,10,12-13,33H2,1-5H3,(H2,34,41)/t15-,20-,24?,32-/m0/s1. The summed E-state index contributed by atoms with van der Waals surface area (Å²) >= 11 is 0. The Balaban J connectivity index is 1.73. The molecule has 0 saturated heterocycles. The molecule has 0 saturated carbocycles. The summed E-state index contributed by atoms with van der Waals surface area (Å²) in [5, 5.41) is 45.5. The molecule has 1 unspecified atom stereocenters. The number of primary amides is 1. The zero-order valence-corrected chi connectivity index (χ0v) is 24.4. The Kier molecular flexibility index (Phi) is 6.88. The number of nitrogens with two attached hydrogens (primary N) is 2. The minimum absolute atomic E-state index is 0.0214. The number of Topliss-reactive ketones (excluding diaryl/α,β-unsaturated/α-hetero) is 2. The Hall–Kier alpha value is -3.99. The second-order valence-corrected chi connectivity index (χ2v) is 12.8. The molecule has 0 bridgehead atoms. The third-order valence-electron chi connectivity index (χ3n) is 9.08. The van der Waals surface area contributed by atoms with Crippen LogP contribution in [0.4, 0.5) is 0 Å². The van der Waals surface area contributed by atoms with Crippen LogP contribution in [0.25, 0.3) is 11.1 Å². The molecule has 222 valence electrons. The van der Waals surface area contributed by atoms with E-state index in [0.717, 1.165) is 11.1 Å². The van der Waals surface area contributed by atoms with Crippen molar-refractivity contribution in [3.8, 4) is 16.9 Å². The number of fused-ring (bicyclic) bond motifs is 3. The zero-order chi connectivity index (χ0) is 31.0. The summed E-state index contributed by atoms with van der Waals surface area (Å²) in [6, 6.07) is 8.65. The lowest BCUT2D eigenvalue weighted by Crippen LogP contribution is -2.63. The highest BCUT2D eigenvalue weighted by molar-refractivity contribution is 6.25. The van der Waals surface area contributed by atoms with Gasteiger partial charge in [0, 0.05) is 23.6 Å². The fraction of sp³-hybridized carbons (Fsp3) is 0.406. The number of amides is 1. The molecule has 42 heavy (non-hydrogen) atoms. The van der Waals surface area contributed by atoms with Crippen LogP contribution in [-0.2, 0) is 28.0 Å². The number of aliphatic hydroxyl groups is 3. The molecule has 0 radical (unpaired) electrons. The third-order valence-corrected chi connectivity index (χ3v) is 9.08. The van der Waals surface area contributed by atoms with Crippen LogP contribution in [0.5, 0.6) is 5.75 Å². The molecule has 3 aliphatic rings. The largest absolute Gasteiger partial charge is 0.510 e. The first kappa shape index (κ1) is 29.5. The predicted molar refractivity (Wildman–Crippen MR) is 156 cm³/mol. The van der Waals surface area contributed by atoms with E-state index in [1.54, 1.807) is 20.2 Å². The van der Waals surface area contributed by atoms with Crippen LogP contribution >= 0.6 is 0 Å². The molecule has 0 aliphatic heterocycles. The van der Waals surface area contributed by atoms with Gasteiger partial charge >= 0.3 is 0 Å². The summed E-state index contributed by atoms with van der Waals surface area (Å²) in [5.74, 6) is -6.83. The van der Waals surface area contributed by atoms with E-state index in [1.807, 2.05) is 24.3 Å². The van der Waals surface area contributed by atoms with E-state index in [2.05, 4.69) is 20.8 Å². The van der Waals surface area contributed by atoms with E-state index in [1.165, 1.54) is 4.90 Å². The first-order valence-electron chi connectivity index (χ1n) is 13.9. The Labute approximate surface area is 243 Å². The highest BCUT2D eigenvalue weighted by Crippen LogP contribution is 2.53. The number of ketones is 2. The van der Waals surface area contributed by atoms with Gasteiger partial charge < -0.3 is 31.9 Å². The number of hydrogen-bond acceptors (Lipinski definition) is 9. The Morgan fingerprint density at radius 2 is 1.71 bits per heavy atom. The summed E-state index contributed by atoms with van der Waals surface area (Å²) in [4.78, 5) is 41.3. The number of aliphatic hydroxyl groups excluding tert-OH is 2. The molecule has 10 nitrogen and oxygen atoms in total. The van der Waals surface area contributed by atoms with Gasteiger partial charge in [-0.05, 0) is 66.6 Å². The number of rotatable bonds is 4. The predicted octanol–water partition coefficient (Wildman–Crippen LogP) is 2.54. The van der Waals surface area contributed by atoms with Crippen molar-refractivity contribution in [1.82, 2.24) is 4.90 Å². The van der Waals surface area contributed by atoms with Gasteiger partial charge in [-0.15, -0.1) is 0 Å². The number of benzene rings is 2. The van der Waals surface area contributed by atoms with Gasteiger partial charge in [0.15, 0.2) is 11.4 Å². The zero-order valence-electron chi connectivity index (χ0n) is 24.4. The third kappa shape index (κ3) is 4.08. The number of carbonyl (C=O) groups excluding carboxylic acids is 3. The van der Waals surface area contributed by atoms with Gasteiger partial charge in [0.2, 0.25) is 5.78 Å². The number of nitrogens with zero attached hydrogens (tertiary/aromatic N) is 1. The monoisotopic (exact) mass is 575 g/mol. The number of aromatic hydroxyl groups is 1. The molecule has 0 aromatic heterocycles. The van der Waals surface area contributed by atoms with Crippen molar-refractivity contribution in [3.05, 3.63) is 75.3 Å². The minimum Gasteiger partial charge on any atom is -0.510 e. The molecule has 2 aromatic rings. The number of allylic oxidation sites excluding steroid dienone is 1. The highest BCUT2D eigenvalue weighted by atomic mass is 16.3. The lowest BCUT2D eigenvalue weighted by atomic mass is 9.58. The van der Waals surface area contributed by atoms with Gasteiger partial charge in [-0.1, -0.05) is 45.0 Å². The van der Waals surface area contributed by atoms with Gasteiger partial charge in [-0.25, -0.2) is 0 Å². The smallest absolute Gasteiger partial charge is 0.255 e. The number of hydrogen-bond donors (Lipinski definition) is 6. The van der Waals surface area contributed by atoms with Crippen LogP contribution in [-0.4, -0.2) is 68.5 Å². The van der Waals surface area contributed by atoms with Crippen molar-refractivity contribution in [2.24, 2.45) is 23.3 Å². The molecule has 5 rings (SSSR count). The van der Waals surface area contributed by atoms with Crippen LogP contribution in [0.1, 0.15) is 54.2 Å². The fourth-order valence-corrected chi connectivity index (χ4v) is 6.94. The van der Waals surface area contributed by atoms with Crippen LogP contribution < -0.4 is 11.5 Å². The first-order valence-corrected chi connectivity index (χ1v) is 13.9. The van der Waals surface area contributed by atoms with E-state index in [4.69, 9.17) is 11.5 Å². The quantitative estimate of drug-likeness (QED) is 0.298. The van der Waals surface area contributed by atoms with E-state index in [-0.39, 0.29) is 41.7 Å². The van der Waals surface area contributed by atoms with Crippen molar-refractivity contribution in [1.29, 1.82) is 0 Å². The Morgan fingerprint density at radius 3 is 2.24 bits per heavy atom. The maximum atomic E-state index is 14.1. The summed E-state index contributed by atoms with van der Waals surface area (Å²) < 4.78 is 0. The Bertz CT molecular complexity index is 1600. The lowest BCUT2D eigenvalue weighted by Gasteiger charge is -2.50. The minimum atomic E-state index is -2.68. The summed E-state index contributed by atoms with van der Waals surface area (Å²) in [6.45, 7) is 6.26. The topological polar surface area (TPSA) is 187 Å². The van der Waals surface area contributed by atoms with Gasteiger partial charge in [-0.3, -0.25) is 19.3 Å². The van der Waals surface area contributed by atoms with Gasteiger partial charge in [0.05, 0.1) is 11.6 Å². The average molecular weight is 576 g/mol. The van der Waals surface area contributed by atoms with Crippen LogP contribution in [0.2, 0.25) is 0 Å². The van der Waals surface area contributed by atoms with Crippen LogP contribution in [0.3, 0.4) is 0 Å². The van der Waals surface area contributed by atoms with Gasteiger partial charge in [0.1, 0.15) is 22.8 Å². The fourth-order valence-electron chi connectivity index (χ4n) is 6.94. The molecular formula is C32H37N3O7. The van der Waals surface area contributed by atoms with Crippen LogP contribution in [0, 0.1) is 11.8 Å². The summed E-state index contributed by atoms with van der Waals surface area (Å²) in [6.07, 6.45) is 0.219. The van der Waals surface area contributed by atoms with Crippen molar-refractivity contribution < 1.29 is 34.8 Å². The summed E-state index contributed by atoms with van der Waals surface area (Å²) in [5.41, 5.74) is 11.0. The van der Waals surface area contributed by atoms with Crippen molar-refractivity contribution in [2.45, 2.75) is 57.2 Å². The molecule has 4 atom stereocenters. The molecule has 0 heterocycles.